The van der Waals surface area contributed by atoms with Crippen molar-refractivity contribution in [1.29, 1.82) is 0 Å². The summed E-state index contributed by atoms with van der Waals surface area (Å²) in [6.45, 7) is 2.49. The number of methoxy groups -OCH3 is 1. The molecule has 0 heterocycles. The molecule has 0 bridgehead atoms. The number of aliphatic carboxylic acids is 1. The SMILES string of the molecule is CCOc1cc(C=CC(=O)O)ccc1OCOC. The lowest BCUT2D eigenvalue weighted by Gasteiger charge is -2.11. The van der Waals surface area contributed by atoms with Gasteiger partial charge in [0, 0.05) is 13.2 Å². The molecule has 0 unspecified atom stereocenters. The number of ether oxygens (including phenoxy) is 3. The Hall–Kier alpha value is -2.01. The van der Waals surface area contributed by atoms with Gasteiger partial charge in [-0.25, -0.2) is 4.79 Å². The second-order valence-corrected chi connectivity index (χ2v) is 3.36. The molecule has 98 valence electrons. The van der Waals surface area contributed by atoms with Crippen LogP contribution >= 0.6 is 0 Å². The van der Waals surface area contributed by atoms with Crippen LogP contribution in [0.2, 0.25) is 0 Å². The molecule has 0 atom stereocenters. The van der Waals surface area contributed by atoms with E-state index in [0.717, 1.165) is 11.6 Å². The van der Waals surface area contributed by atoms with E-state index in [1.54, 1.807) is 18.2 Å². The second kappa shape index (κ2) is 7.34. The van der Waals surface area contributed by atoms with Crippen LogP contribution in [0.1, 0.15) is 12.5 Å². The van der Waals surface area contributed by atoms with Crippen molar-refractivity contribution in [3.8, 4) is 11.5 Å². The zero-order valence-electron chi connectivity index (χ0n) is 10.4. The monoisotopic (exact) mass is 252 g/mol. The summed E-state index contributed by atoms with van der Waals surface area (Å²) in [6, 6.07) is 5.17. The van der Waals surface area contributed by atoms with Gasteiger partial charge in [-0.3, -0.25) is 0 Å². The molecule has 5 heteroatoms. The van der Waals surface area contributed by atoms with Gasteiger partial charge in [-0.2, -0.15) is 0 Å². The first-order chi connectivity index (χ1) is 8.67. The number of hydrogen-bond acceptors (Lipinski definition) is 4. The zero-order valence-corrected chi connectivity index (χ0v) is 10.4. The Labute approximate surface area is 106 Å². The average molecular weight is 252 g/mol. The summed E-state index contributed by atoms with van der Waals surface area (Å²) in [6.07, 6.45) is 2.56. The average Bonchev–Trinajstić information content (AvgIpc) is 2.35. The minimum absolute atomic E-state index is 0.129. The zero-order chi connectivity index (χ0) is 13.4. The topological polar surface area (TPSA) is 65.0 Å². The molecular formula is C13H16O5. The highest BCUT2D eigenvalue weighted by Crippen LogP contribution is 2.29. The maximum absolute atomic E-state index is 10.4. The van der Waals surface area contributed by atoms with Gasteiger partial charge in [-0.1, -0.05) is 6.07 Å². The lowest BCUT2D eigenvalue weighted by Crippen LogP contribution is -2.02. The van der Waals surface area contributed by atoms with Crippen LogP contribution in [-0.4, -0.2) is 31.6 Å². The Morgan fingerprint density at radius 2 is 2.11 bits per heavy atom. The van der Waals surface area contributed by atoms with E-state index in [0.29, 0.717) is 18.1 Å². The fourth-order valence-corrected chi connectivity index (χ4v) is 1.31. The third-order valence-corrected chi connectivity index (χ3v) is 2.02. The Morgan fingerprint density at radius 3 is 2.72 bits per heavy atom. The minimum Gasteiger partial charge on any atom is -0.490 e. The molecule has 0 aliphatic carbocycles. The minimum atomic E-state index is -0.993. The number of carboxylic acid groups (broad SMARTS) is 1. The van der Waals surface area contributed by atoms with Crippen molar-refractivity contribution in [2.45, 2.75) is 6.92 Å². The molecule has 18 heavy (non-hydrogen) atoms. The van der Waals surface area contributed by atoms with Crippen LogP contribution < -0.4 is 9.47 Å². The molecule has 0 spiro atoms. The highest BCUT2D eigenvalue weighted by atomic mass is 16.7. The Balaban J connectivity index is 2.91. The summed E-state index contributed by atoms with van der Waals surface area (Å²) in [4.78, 5) is 10.4. The highest BCUT2D eigenvalue weighted by Gasteiger charge is 2.05. The number of hydrogen-bond donors (Lipinski definition) is 1. The van der Waals surface area contributed by atoms with Gasteiger partial charge in [-0.05, 0) is 30.7 Å². The maximum atomic E-state index is 10.4. The van der Waals surface area contributed by atoms with E-state index in [1.165, 1.54) is 13.2 Å². The Bertz CT molecular complexity index is 425. The van der Waals surface area contributed by atoms with Crippen molar-refractivity contribution in [2.75, 3.05) is 20.5 Å². The van der Waals surface area contributed by atoms with Gasteiger partial charge < -0.3 is 19.3 Å². The van der Waals surface area contributed by atoms with E-state index in [4.69, 9.17) is 19.3 Å². The number of benzene rings is 1. The van der Waals surface area contributed by atoms with Crippen LogP contribution in [0.3, 0.4) is 0 Å². The molecule has 0 fully saturated rings. The molecule has 0 amide bonds. The second-order valence-electron chi connectivity index (χ2n) is 3.36. The number of rotatable bonds is 7. The third-order valence-electron chi connectivity index (χ3n) is 2.02. The van der Waals surface area contributed by atoms with E-state index >= 15 is 0 Å². The Morgan fingerprint density at radius 1 is 1.33 bits per heavy atom. The third kappa shape index (κ3) is 4.47. The summed E-state index contributed by atoms with van der Waals surface area (Å²) in [5.41, 5.74) is 0.727. The van der Waals surface area contributed by atoms with Crippen molar-refractivity contribution < 1.29 is 24.1 Å². The fourth-order valence-electron chi connectivity index (χ4n) is 1.31. The summed E-state index contributed by atoms with van der Waals surface area (Å²) in [5.74, 6) is 0.126. The fraction of sp³-hybridized carbons (Fsp3) is 0.308. The number of carbonyl (C=O) groups is 1. The van der Waals surface area contributed by atoms with E-state index in [-0.39, 0.29) is 6.79 Å². The van der Waals surface area contributed by atoms with Crippen LogP contribution in [0.5, 0.6) is 11.5 Å². The standard InChI is InChI=1S/C13H16O5/c1-3-17-12-8-10(5-7-13(14)15)4-6-11(12)18-9-16-2/h4-8H,3,9H2,1-2H3,(H,14,15). The van der Waals surface area contributed by atoms with Gasteiger partial charge in [0.1, 0.15) is 0 Å². The van der Waals surface area contributed by atoms with Crippen LogP contribution in [0.15, 0.2) is 24.3 Å². The predicted octanol–water partition coefficient (Wildman–Crippen LogP) is 2.17. The smallest absolute Gasteiger partial charge is 0.328 e. The molecule has 0 saturated heterocycles. The van der Waals surface area contributed by atoms with E-state index in [1.807, 2.05) is 6.92 Å². The first kappa shape index (κ1) is 14.1. The van der Waals surface area contributed by atoms with E-state index in [9.17, 15) is 4.79 Å². The first-order valence-electron chi connectivity index (χ1n) is 5.47. The quantitative estimate of drug-likeness (QED) is 0.595. The normalized spacial score (nSPS) is 10.6. The van der Waals surface area contributed by atoms with Gasteiger partial charge in [0.25, 0.3) is 0 Å². The molecule has 1 N–H and O–H groups in total. The molecule has 0 radical (unpaired) electrons. The lowest BCUT2D eigenvalue weighted by molar-refractivity contribution is -0.131. The van der Waals surface area contributed by atoms with Gasteiger partial charge >= 0.3 is 5.97 Å². The van der Waals surface area contributed by atoms with Gasteiger partial charge in [0.05, 0.1) is 6.61 Å². The van der Waals surface area contributed by atoms with Crippen molar-refractivity contribution in [2.24, 2.45) is 0 Å². The summed E-state index contributed by atoms with van der Waals surface area (Å²) in [7, 11) is 1.53. The van der Waals surface area contributed by atoms with Gasteiger partial charge in [0.15, 0.2) is 18.3 Å². The van der Waals surface area contributed by atoms with Crippen LogP contribution in [0.4, 0.5) is 0 Å². The first-order valence-corrected chi connectivity index (χ1v) is 5.47. The number of carboxylic acids is 1. The van der Waals surface area contributed by atoms with Crippen molar-refractivity contribution in [3.63, 3.8) is 0 Å². The molecule has 5 nitrogen and oxygen atoms in total. The summed E-state index contributed by atoms with van der Waals surface area (Å²) < 4.78 is 15.6. The molecule has 0 aromatic heterocycles. The summed E-state index contributed by atoms with van der Waals surface area (Å²) in [5, 5.41) is 8.56. The molecule has 0 saturated carbocycles. The van der Waals surface area contributed by atoms with Crippen molar-refractivity contribution >= 4 is 12.0 Å². The van der Waals surface area contributed by atoms with Crippen LogP contribution in [0.25, 0.3) is 6.08 Å². The molecule has 0 aliphatic heterocycles. The lowest BCUT2D eigenvalue weighted by atomic mass is 10.2. The molecule has 1 aromatic carbocycles. The predicted molar refractivity (Wildman–Crippen MR) is 66.8 cm³/mol. The van der Waals surface area contributed by atoms with Crippen LogP contribution in [-0.2, 0) is 9.53 Å². The molecule has 0 aliphatic rings. The molecule has 1 aromatic rings. The maximum Gasteiger partial charge on any atom is 0.328 e. The molecule has 1 rings (SSSR count). The van der Waals surface area contributed by atoms with E-state index in [2.05, 4.69) is 0 Å². The highest BCUT2D eigenvalue weighted by molar-refractivity contribution is 5.85. The Kier molecular flexibility index (Phi) is 5.73. The van der Waals surface area contributed by atoms with E-state index < -0.39 is 5.97 Å². The molecular weight excluding hydrogens is 236 g/mol. The largest absolute Gasteiger partial charge is 0.490 e. The van der Waals surface area contributed by atoms with Crippen LogP contribution in [0, 0.1) is 0 Å². The van der Waals surface area contributed by atoms with Crippen molar-refractivity contribution in [3.05, 3.63) is 29.8 Å². The van der Waals surface area contributed by atoms with Gasteiger partial charge in [-0.15, -0.1) is 0 Å². The van der Waals surface area contributed by atoms with Gasteiger partial charge in [0.2, 0.25) is 0 Å². The summed E-state index contributed by atoms with van der Waals surface area (Å²) >= 11 is 0. The van der Waals surface area contributed by atoms with Crippen molar-refractivity contribution in [1.82, 2.24) is 0 Å².